The lowest BCUT2D eigenvalue weighted by atomic mass is 10.3. The summed E-state index contributed by atoms with van der Waals surface area (Å²) in [6, 6.07) is 0. The molecule has 20 heavy (non-hydrogen) atoms. The van der Waals surface area contributed by atoms with Crippen molar-refractivity contribution in [3.8, 4) is 0 Å². The fourth-order valence-electron chi connectivity index (χ4n) is 1.38. The molecule has 9 heteroatoms. The Hall–Kier alpha value is -2.16. The van der Waals surface area contributed by atoms with Gasteiger partial charge in [-0.15, -0.1) is 16.9 Å². The van der Waals surface area contributed by atoms with E-state index in [2.05, 4.69) is 36.0 Å². The van der Waals surface area contributed by atoms with Gasteiger partial charge in [-0.1, -0.05) is 0 Å². The van der Waals surface area contributed by atoms with Crippen molar-refractivity contribution in [1.82, 2.24) is 30.7 Å². The number of rotatable bonds is 7. The van der Waals surface area contributed by atoms with Crippen LogP contribution in [0.15, 0.2) is 23.6 Å². The Balaban J connectivity index is 1.73. The molecule has 0 fully saturated rings. The zero-order valence-corrected chi connectivity index (χ0v) is 11.8. The molecule has 2 rings (SSSR count). The van der Waals surface area contributed by atoms with Gasteiger partial charge < -0.3 is 10.6 Å². The van der Waals surface area contributed by atoms with Crippen molar-refractivity contribution in [1.29, 1.82) is 0 Å². The maximum Gasteiger partial charge on any atom is 0.254 e. The molecule has 0 aliphatic heterocycles. The van der Waals surface area contributed by atoms with E-state index in [1.807, 2.05) is 6.92 Å². The molecule has 0 bridgehead atoms. The van der Waals surface area contributed by atoms with Gasteiger partial charge in [0.05, 0.1) is 11.8 Å². The average molecular weight is 293 g/mol. The van der Waals surface area contributed by atoms with E-state index in [1.54, 1.807) is 6.20 Å². The predicted octanol–water partition coefficient (Wildman–Crippen LogP) is 0.549. The number of aromatic nitrogens is 5. The second-order valence-electron chi connectivity index (χ2n) is 3.74. The van der Waals surface area contributed by atoms with E-state index in [0.717, 1.165) is 11.6 Å². The Morgan fingerprint density at radius 3 is 2.80 bits per heavy atom. The van der Waals surface area contributed by atoms with Crippen LogP contribution in [0.1, 0.15) is 17.3 Å². The molecule has 0 unspecified atom stereocenters. The van der Waals surface area contributed by atoms with Crippen LogP contribution in [-0.2, 0) is 0 Å². The van der Waals surface area contributed by atoms with Gasteiger partial charge in [-0.2, -0.15) is 10.3 Å². The number of anilines is 1. The van der Waals surface area contributed by atoms with Gasteiger partial charge in [-0.3, -0.25) is 4.79 Å². The minimum atomic E-state index is -0.186. The summed E-state index contributed by atoms with van der Waals surface area (Å²) in [5, 5.41) is 16.7. The number of hydrogen-bond acceptors (Lipinski definition) is 7. The van der Waals surface area contributed by atoms with Crippen LogP contribution < -0.4 is 10.6 Å². The van der Waals surface area contributed by atoms with Gasteiger partial charge in [0.15, 0.2) is 0 Å². The number of carbonyl (C=O) groups is 1. The number of aromatic amines is 1. The smallest absolute Gasteiger partial charge is 0.254 e. The van der Waals surface area contributed by atoms with Crippen LogP contribution in [0, 0.1) is 0 Å². The molecule has 0 aliphatic rings. The predicted molar refractivity (Wildman–Crippen MR) is 75.6 cm³/mol. The quantitative estimate of drug-likeness (QED) is 0.505. The maximum atomic E-state index is 11.8. The molecule has 2 aromatic rings. The number of hydrogen-bond donors (Lipinski definition) is 3. The van der Waals surface area contributed by atoms with E-state index in [4.69, 9.17) is 0 Å². The Kier molecular flexibility index (Phi) is 5.30. The molecule has 0 saturated heterocycles. The highest BCUT2D eigenvalue weighted by molar-refractivity contribution is 7.99. The first-order chi connectivity index (χ1) is 9.79. The minimum Gasteiger partial charge on any atom is -0.355 e. The first-order valence-electron chi connectivity index (χ1n) is 6.12. The van der Waals surface area contributed by atoms with Crippen LogP contribution in [0.25, 0.3) is 0 Å². The second-order valence-corrected chi connectivity index (χ2v) is 4.85. The Labute approximate surface area is 120 Å². The van der Waals surface area contributed by atoms with Gasteiger partial charge in [0, 0.05) is 31.2 Å². The third kappa shape index (κ3) is 4.19. The van der Waals surface area contributed by atoms with Crippen molar-refractivity contribution in [2.45, 2.75) is 11.9 Å². The maximum absolute atomic E-state index is 11.8. The zero-order valence-electron chi connectivity index (χ0n) is 11.0. The van der Waals surface area contributed by atoms with Gasteiger partial charge >= 0.3 is 0 Å². The topological polar surface area (TPSA) is 108 Å². The van der Waals surface area contributed by atoms with E-state index in [1.165, 1.54) is 24.2 Å². The highest BCUT2D eigenvalue weighted by atomic mass is 32.2. The molecule has 2 aromatic heterocycles. The molecule has 0 aromatic carbocycles. The van der Waals surface area contributed by atoms with Crippen LogP contribution in [0.2, 0.25) is 0 Å². The SMILES string of the molecule is CCNc1ncc(C(=O)NCCSc2cn[nH]n2)cn1. The minimum absolute atomic E-state index is 0.186. The number of nitrogens with one attached hydrogen (secondary N) is 3. The zero-order chi connectivity index (χ0) is 14.2. The fourth-order valence-corrected chi connectivity index (χ4v) is 2.02. The van der Waals surface area contributed by atoms with E-state index in [9.17, 15) is 4.79 Å². The average Bonchev–Trinajstić information content (AvgIpc) is 2.98. The van der Waals surface area contributed by atoms with Crippen molar-refractivity contribution in [3.63, 3.8) is 0 Å². The largest absolute Gasteiger partial charge is 0.355 e. The van der Waals surface area contributed by atoms with Crippen LogP contribution in [0.3, 0.4) is 0 Å². The summed E-state index contributed by atoms with van der Waals surface area (Å²) in [5.74, 6) is 1.05. The fraction of sp³-hybridized carbons (Fsp3) is 0.364. The normalized spacial score (nSPS) is 10.2. The standard InChI is InChI=1S/C11H15N7OS/c1-2-12-11-14-5-8(6-15-11)10(19)13-3-4-20-9-7-16-18-17-9/h5-7H,2-4H2,1H3,(H,13,19)(H,12,14,15)(H,16,17,18). The first kappa shape index (κ1) is 14.3. The second kappa shape index (κ2) is 7.43. The van der Waals surface area contributed by atoms with Gasteiger partial charge in [0.2, 0.25) is 5.95 Å². The Morgan fingerprint density at radius 2 is 2.15 bits per heavy atom. The molecule has 106 valence electrons. The summed E-state index contributed by atoms with van der Waals surface area (Å²) in [4.78, 5) is 19.9. The number of amides is 1. The van der Waals surface area contributed by atoms with E-state index in [-0.39, 0.29) is 5.91 Å². The number of H-pyrrole nitrogens is 1. The van der Waals surface area contributed by atoms with Crippen molar-refractivity contribution >= 4 is 23.6 Å². The summed E-state index contributed by atoms with van der Waals surface area (Å²) in [6.07, 6.45) is 4.65. The lowest BCUT2D eigenvalue weighted by Gasteiger charge is -2.05. The van der Waals surface area contributed by atoms with Gasteiger partial charge in [-0.25, -0.2) is 9.97 Å². The summed E-state index contributed by atoms with van der Waals surface area (Å²) in [6.45, 7) is 3.23. The first-order valence-corrected chi connectivity index (χ1v) is 7.11. The van der Waals surface area contributed by atoms with Crippen molar-refractivity contribution in [2.24, 2.45) is 0 Å². The van der Waals surface area contributed by atoms with Crippen LogP contribution in [0.5, 0.6) is 0 Å². The molecule has 0 radical (unpaired) electrons. The van der Waals surface area contributed by atoms with E-state index < -0.39 is 0 Å². The summed E-state index contributed by atoms with van der Waals surface area (Å²) in [5.41, 5.74) is 0.443. The number of nitrogens with zero attached hydrogens (tertiary/aromatic N) is 4. The van der Waals surface area contributed by atoms with Crippen LogP contribution in [-0.4, -0.2) is 50.1 Å². The van der Waals surface area contributed by atoms with E-state index >= 15 is 0 Å². The molecular weight excluding hydrogens is 278 g/mol. The Morgan fingerprint density at radius 1 is 1.35 bits per heavy atom. The highest BCUT2D eigenvalue weighted by Crippen LogP contribution is 2.10. The molecule has 0 aliphatic carbocycles. The number of carbonyl (C=O) groups excluding carboxylic acids is 1. The molecular formula is C11H15N7OS. The van der Waals surface area contributed by atoms with Gasteiger partial charge in [-0.05, 0) is 6.92 Å². The van der Waals surface area contributed by atoms with Crippen LogP contribution in [0.4, 0.5) is 5.95 Å². The van der Waals surface area contributed by atoms with Crippen molar-refractivity contribution in [3.05, 3.63) is 24.2 Å². The highest BCUT2D eigenvalue weighted by Gasteiger charge is 2.06. The van der Waals surface area contributed by atoms with Gasteiger partial charge in [0.1, 0.15) is 5.03 Å². The van der Waals surface area contributed by atoms with Crippen LogP contribution >= 0.6 is 11.8 Å². The monoisotopic (exact) mass is 293 g/mol. The summed E-state index contributed by atoms with van der Waals surface area (Å²) < 4.78 is 0. The third-order valence-electron chi connectivity index (χ3n) is 2.28. The molecule has 3 N–H and O–H groups in total. The Bertz CT molecular complexity index is 528. The lowest BCUT2D eigenvalue weighted by molar-refractivity contribution is 0.0955. The van der Waals surface area contributed by atoms with Gasteiger partial charge in [0.25, 0.3) is 5.91 Å². The lowest BCUT2D eigenvalue weighted by Crippen LogP contribution is -2.26. The summed E-state index contributed by atoms with van der Waals surface area (Å²) >= 11 is 1.51. The molecule has 0 spiro atoms. The molecule has 0 atom stereocenters. The molecule has 2 heterocycles. The third-order valence-corrected chi connectivity index (χ3v) is 3.18. The molecule has 1 amide bonds. The number of thioether (sulfide) groups is 1. The summed E-state index contributed by atoms with van der Waals surface area (Å²) in [7, 11) is 0. The molecule has 8 nitrogen and oxygen atoms in total. The van der Waals surface area contributed by atoms with Crippen molar-refractivity contribution < 1.29 is 4.79 Å². The van der Waals surface area contributed by atoms with Crippen molar-refractivity contribution in [2.75, 3.05) is 24.2 Å². The molecule has 0 saturated carbocycles. The van der Waals surface area contributed by atoms with E-state index in [0.29, 0.717) is 23.8 Å².